The molecule has 11 heteroatoms. The Morgan fingerprint density at radius 1 is 1.27 bits per heavy atom. The van der Waals surface area contributed by atoms with E-state index in [1.54, 1.807) is 6.07 Å². The summed E-state index contributed by atoms with van der Waals surface area (Å²) in [5.74, 6) is -1.03. The maximum Gasteiger partial charge on any atom is 0.451 e. The lowest BCUT2D eigenvalue weighted by Gasteiger charge is -2.21. The van der Waals surface area contributed by atoms with Gasteiger partial charge in [-0.1, -0.05) is 19.6 Å². The Kier molecular flexibility index (Phi) is 6.53. The molecule has 0 radical (unpaired) electrons. The molecule has 1 fully saturated rings. The molecule has 1 saturated heterocycles. The molecule has 3 heterocycles. The maximum absolute atomic E-state index is 13.5. The number of aromatic nitrogens is 4. The molecule has 0 bridgehead atoms. The molecule has 30 heavy (non-hydrogen) atoms. The summed E-state index contributed by atoms with van der Waals surface area (Å²) >= 11 is 0. The predicted molar refractivity (Wildman–Crippen MR) is 110 cm³/mol. The highest BCUT2D eigenvalue weighted by molar-refractivity contribution is 6.76. The number of β-amino-alcohol motifs (C(OH)–C–C–N with tert-alkyl or cyclic N) is 1. The summed E-state index contributed by atoms with van der Waals surface area (Å²) in [4.78, 5) is 6.32. The number of anilines is 1. The Hall–Kier alpha value is -1.98. The lowest BCUT2D eigenvalue weighted by atomic mass is 10.2. The Labute approximate surface area is 174 Å². The minimum absolute atomic E-state index is 0.0591. The number of pyridine rings is 1. The molecular weight excluding hydrogens is 415 g/mol. The zero-order valence-corrected chi connectivity index (χ0v) is 18.7. The Bertz CT molecular complexity index is 882. The summed E-state index contributed by atoms with van der Waals surface area (Å²) in [6.45, 7) is 9.58. The largest absolute Gasteiger partial charge is 0.451 e. The number of alkyl halides is 3. The van der Waals surface area contributed by atoms with Crippen molar-refractivity contribution < 1.29 is 23.0 Å². The van der Waals surface area contributed by atoms with Gasteiger partial charge in [0.1, 0.15) is 6.73 Å². The van der Waals surface area contributed by atoms with Crippen LogP contribution < -0.4 is 4.90 Å². The maximum atomic E-state index is 13.5. The van der Waals surface area contributed by atoms with Crippen LogP contribution in [-0.4, -0.2) is 58.7 Å². The average molecular weight is 444 g/mol. The van der Waals surface area contributed by atoms with E-state index in [0.717, 1.165) is 22.0 Å². The van der Waals surface area contributed by atoms with Crippen LogP contribution in [0, 0.1) is 6.92 Å². The lowest BCUT2D eigenvalue weighted by molar-refractivity contribution is -0.149. The molecule has 0 aliphatic carbocycles. The first-order valence-corrected chi connectivity index (χ1v) is 13.6. The molecule has 2 aromatic heterocycles. The fraction of sp³-hybridized carbons (Fsp3) is 0.632. The van der Waals surface area contributed by atoms with Crippen molar-refractivity contribution >= 4 is 13.8 Å². The summed E-state index contributed by atoms with van der Waals surface area (Å²) in [6.07, 6.45) is -2.93. The monoisotopic (exact) mass is 443 g/mol. The SMILES string of the molecule is Cc1ncc(-c2nnc(C(F)(F)F)n2COCC[Si](C)(C)C)cc1N1CCC(O)C1. The molecule has 1 atom stereocenters. The van der Waals surface area contributed by atoms with Crippen LogP contribution in [0.1, 0.15) is 17.9 Å². The highest BCUT2D eigenvalue weighted by atomic mass is 28.3. The molecule has 3 rings (SSSR count). The van der Waals surface area contributed by atoms with Crippen LogP contribution in [0.3, 0.4) is 0 Å². The van der Waals surface area contributed by atoms with Gasteiger partial charge in [-0.05, 0) is 25.5 Å². The van der Waals surface area contributed by atoms with E-state index in [-0.39, 0.29) is 12.6 Å². The van der Waals surface area contributed by atoms with Crippen molar-refractivity contribution in [2.24, 2.45) is 0 Å². The molecule has 0 saturated carbocycles. The van der Waals surface area contributed by atoms with Gasteiger partial charge in [-0.3, -0.25) is 9.55 Å². The standard InChI is InChI=1S/C19H28F3N5O2Si/c1-13-16(26-6-5-15(28)11-26)9-14(10-23-13)17-24-25-18(19(20,21)22)27(17)12-29-7-8-30(2,3)4/h9-10,15,28H,5-8,11-12H2,1-4H3. The second kappa shape index (κ2) is 8.64. The third kappa shape index (κ3) is 5.38. The van der Waals surface area contributed by atoms with E-state index in [0.29, 0.717) is 31.7 Å². The number of ether oxygens (including phenoxy) is 1. The third-order valence-electron chi connectivity index (χ3n) is 5.04. The third-order valence-corrected chi connectivity index (χ3v) is 6.75. The van der Waals surface area contributed by atoms with Crippen molar-refractivity contribution in [2.75, 3.05) is 24.6 Å². The molecular formula is C19H28F3N5O2Si. The first-order valence-electron chi connectivity index (χ1n) is 9.94. The quantitative estimate of drug-likeness (QED) is 0.521. The topological polar surface area (TPSA) is 76.3 Å². The van der Waals surface area contributed by atoms with Crippen molar-refractivity contribution in [3.8, 4) is 11.4 Å². The normalized spacial score (nSPS) is 17.7. The van der Waals surface area contributed by atoms with E-state index >= 15 is 0 Å². The number of halogens is 3. The number of aliphatic hydroxyl groups is 1. The number of aryl methyl sites for hydroxylation is 1. The van der Waals surface area contributed by atoms with Crippen molar-refractivity contribution in [1.29, 1.82) is 0 Å². The summed E-state index contributed by atoms with van der Waals surface area (Å²) in [5, 5.41) is 17.0. The van der Waals surface area contributed by atoms with Crippen molar-refractivity contribution in [1.82, 2.24) is 19.7 Å². The van der Waals surface area contributed by atoms with Gasteiger partial charge in [0, 0.05) is 39.5 Å². The number of nitrogens with zero attached hydrogens (tertiary/aromatic N) is 5. The van der Waals surface area contributed by atoms with Gasteiger partial charge < -0.3 is 14.7 Å². The summed E-state index contributed by atoms with van der Waals surface area (Å²) in [5.41, 5.74) is 1.93. The highest BCUT2D eigenvalue weighted by Gasteiger charge is 2.39. The van der Waals surface area contributed by atoms with Crippen LogP contribution in [-0.2, 0) is 17.6 Å². The van der Waals surface area contributed by atoms with Crippen LogP contribution in [0.4, 0.5) is 18.9 Å². The molecule has 0 spiro atoms. The zero-order valence-electron chi connectivity index (χ0n) is 17.7. The summed E-state index contributed by atoms with van der Waals surface area (Å²) < 4.78 is 47.0. The molecule has 1 unspecified atom stereocenters. The van der Waals surface area contributed by atoms with Crippen LogP contribution in [0.5, 0.6) is 0 Å². The van der Waals surface area contributed by atoms with Crippen molar-refractivity contribution in [3.63, 3.8) is 0 Å². The second-order valence-electron chi connectivity index (χ2n) is 8.84. The molecule has 1 aliphatic heterocycles. The van der Waals surface area contributed by atoms with Gasteiger partial charge in [-0.25, -0.2) is 0 Å². The smallest absolute Gasteiger partial charge is 0.391 e. The molecule has 1 N–H and O–H groups in total. The highest BCUT2D eigenvalue weighted by Crippen LogP contribution is 2.33. The minimum Gasteiger partial charge on any atom is -0.391 e. The number of rotatable bonds is 7. The second-order valence-corrected chi connectivity index (χ2v) is 14.5. The van der Waals surface area contributed by atoms with Gasteiger partial charge in [0.05, 0.1) is 17.5 Å². The average Bonchev–Trinajstić information content (AvgIpc) is 3.24. The summed E-state index contributed by atoms with van der Waals surface area (Å²) in [6, 6.07) is 2.60. The molecule has 1 aliphatic rings. The fourth-order valence-corrected chi connectivity index (χ4v) is 4.06. The fourth-order valence-electron chi connectivity index (χ4n) is 3.31. The van der Waals surface area contributed by atoms with Crippen LogP contribution in [0.15, 0.2) is 12.3 Å². The molecule has 2 aromatic rings. The summed E-state index contributed by atoms with van der Waals surface area (Å²) in [7, 11) is -1.37. The number of hydrogen-bond acceptors (Lipinski definition) is 6. The van der Waals surface area contributed by atoms with Gasteiger partial charge in [0.15, 0.2) is 5.82 Å². The van der Waals surface area contributed by atoms with Gasteiger partial charge in [-0.2, -0.15) is 13.2 Å². The van der Waals surface area contributed by atoms with E-state index in [9.17, 15) is 18.3 Å². The Morgan fingerprint density at radius 3 is 2.60 bits per heavy atom. The van der Waals surface area contributed by atoms with Crippen LogP contribution in [0.2, 0.25) is 25.7 Å². The Morgan fingerprint density at radius 2 is 2.00 bits per heavy atom. The van der Waals surface area contributed by atoms with E-state index < -0.39 is 26.2 Å². The van der Waals surface area contributed by atoms with E-state index in [2.05, 4.69) is 34.8 Å². The van der Waals surface area contributed by atoms with E-state index in [4.69, 9.17) is 4.74 Å². The molecule has 166 valence electrons. The number of aliphatic hydroxyl groups excluding tert-OH is 1. The van der Waals surface area contributed by atoms with E-state index in [1.807, 2.05) is 11.8 Å². The molecule has 7 nitrogen and oxygen atoms in total. The minimum atomic E-state index is -4.65. The van der Waals surface area contributed by atoms with Crippen LogP contribution in [0.25, 0.3) is 11.4 Å². The van der Waals surface area contributed by atoms with Crippen molar-refractivity contribution in [3.05, 3.63) is 23.8 Å². The molecule has 0 amide bonds. The van der Waals surface area contributed by atoms with Gasteiger partial charge in [-0.15, -0.1) is 10.2 Å². The first-order chi connectivity index (χ1) is 14.0. The van der Waals surface area contributed by atoms with E-state index in [1.165, 1.54) is 6.20 Å². The predicted octanol–water partition coefficient (Wildman–Crippen LogP) is 3.55. The zero-order chi connectivity index (χ0) is 22.1. The van der Waals surface area contributed by atoms with Crippen LogP contribution >= 0.6 is 0 Å². The number of hydrogen-bond donors (Lipinski definition) is 1. The van der Waals surface area contributed by atoms with Gasteiger partial charge >= 0.3 is 6.18 Å². The van der Waals surface area contributed by atoms with Gasteiger partial charge in [0.2, 0.25) is 5.82 Å². The van der Waals surface area contributed by atoms with Crippen molar-refractivity contribution in [2.45, 2.75) is 58.0 Å². The lowest BCUT2D eigenvalue weighted by Crippen LogP contribution is -2.23. The molecule has 0 aromatic carbocycles. The van der Waals surface area contributed by atoms with Gasteiger partial charge in [0.25, 0.3) is 0 Å². The first kappa shape index (κ1) is 22.7. The Balaban J connectivity index is 1.90.